The number of hydrogen-bond acceptors (Lipinski definition) is 4. The van der Waals surface area contributed by atoms with Crippen molar-refractivity contribution in [2.45, 2.75) is 19.3 Å². The molecule has 166 valence electrons. The van der Waals surface area contributed by atoms with Gasteiger partial charge in [0, 0.05) is 9.64 Å². The van der Waals surface area contributed by atoms with Gasteiger partial charge >= 0.3 is 18.3 Å². The van der Waals surface area contributed by atoms with E-state index in [0.717, 1.165) is 6.07 Å². The maximum Gasteiger partial charge on any atom is 0.435 e. The Labute approximate surface area is 189 Å². The van der Waals surface area contributed by atoms with Gasteiger partial charge in [-0.3, -0.25) is 0 Å². The number of cyclic esters (lactones) is 1. The smallest absolute Gasteiger partial charge is 0.403 e. The zero-order valence-corrected chi connectivity index (χ0v) is 18.0. The molecule has 4 rings (SSSR count). The van der Waals surface area contributed by atoms with E-state index in [9.17, 15) is 31.1 Å². The van der Waals surface area contributed by atoms with Gasteiger partial charge in [-0.1, -0.05) is 6.07 Å². The first kappa shape index (κ1) is 22.3. The van der Waals surface area contributed by atoms with Gasteiger partial charge in [0.2, 0.25) is 5.90 Å². The lowest BCUT2D eigenvalue weighted by Crippen LogP contribution is -2.13. The molecular formula is C20H10F6IN3O2. The van der Waals surface area contributed by atoms with Crippen LogP contribution in [0, 0.1) is 10.5 Å². The maximum absolute atomic E-state index is 13.3. The minimum atomic E-state index is -5.05. The number of fused-ring (bicyclic) bond motifs is 1. The van der Waals surface area contributed by atoms with Crippen LogP contribution in [0.15, 0.2) is 47.5 Å². The van der Waals surface area contributed by atoms with Crippen LogP contribution in [0.25, 0.3) is 5.69 Å². The molecule has 0 amide bonds. The Balaban J connectivity index is 1.77. The predicted molar refractivity (Wildman–Crippen MR) is 109 cm³/mol. The van der Waals surface area contributed by atoms with Crippen molar-refractivity contribution in [3.63, 3.8) is 0 Å². The summed E-state index contributed by atoms with van der Waals surface area (Å²) in [6, 6.07) is 8.72. The zero-order valence-electron chi connectivity index (χ0n) is 15.8. The number of aryl methyl sites for hydroxylation is 1. The van der Waals surface area contributed by atoms with Crippen molar-refractivity contribution in [1.29, 1.82) is 0 Å². The molecule has 0 atom stereocenters. The van der Waals surface area contributed by atoms with E-state index in [-0.39, 0.29) is 28.0 Å². The van der Waals surface area contributed by atoms with Gasteiger partial charge in [0.1, 0.15) is 5.69 Å². The first-order valence-corrected chi connectivity index (χ1v) is 9.89. The molecule has 1 aliphatic heterocycles. The van der Waals surface area contributed by atoms with Crippen LogP contribution in [-0.2, 0) is 17.1 Å². The largest absolute Gasteiger partial charge is 0.435 e. The van der Waals surface area contributed by atoms with E-state index in [4.69, 9.17) is 4.74 Å². The van der Waals surface area contributed by atoms with E-state index in [1.807, 2.05) is 22.6 Å². The van der Waals surface area contributed by atoms with Crippen molar-refractivity contribution in [2.75, 3.05) is 0 Å². The molecule has 0 spiro atoms. The lowest BCUT2D eigenvalue weighted by Gasteiger charge is -2.11. The standard InChI is InChI=1S/C20H10F6IN3O2/c1-9-7-10(30-15(20(24,25)26)8-14(29-30)19(21,22)23)5-6-13(9)28-17-11-3-2-4-12(27)16(11)18(31)32-17/h2-8H,1H3. The predicted octanol–water partition coefficient (Wildman–Crippen LogP) is 6.07. The molecule has 1 aliphatic rings. The second kappa shape index (κ2) is 7.60. The van der Waals surface area contributed by atoms with Gasteiger partial charge in [0.05, 0.1) is 22.5 Å². The number of aromatic nitrogens is 2. The minimum Gasteiger partial charge on any atom is -0.403 e. The van der Waals surface area contributed by atoms with Crippen LogP contribution in [0.5, 0.6) is 0 Å². The number of rotatable bonds is 2. The highest BCUT2D eigenvalue weighted by Gasteiger charge is 2.42. The number of hydrogen-bond donors (Lipinski definition) is 0. The normalized spacial score (nSPS) is 15.2. The lowest BCUT2D eigenvalue weighted by molar-refractivity contribution is -0.143. The Morgan fingerprint density at radius 3 is 2.38 bits per heavy atom. The fraction of sp³-hybridized carbons (Fsp3) is 0.150. The molecule has 32 heavy (non-hydrogen) atoms. The molecule has 0 unspecified atom stereocenters. The Morgan fingerprint density at radius 1 is 1.03 bits per heavy atom. The van der Waals surface area contributed by atoms with E-state index in [0.29, 0.717) is 20.3 Å². The number of ether oxygens (including phenoxy) is 1. The maximum atomic E-state index is 13.3. The SMILES string of the molecule is Cc1cc(-n2nc(C(F)(F)F)cc2C(F)(F)F)ccc1N=C1OC(=O)c2c(I)cccc21. The molecule has 12 heteroatoms. The number of nitrogens with zero attached hydrogens (tertiary/aromatic N) is 3. The third-order valence-corrected chi connectivity index (χ3v) is 5.47. The summed E-state index contributed by atoms with van der Waals surface area (Å²) in [5.41, 5.74) is -2.03. The fourth-order valence-corrected chi connectivity index (χ4v) is 3.83. The summed E-state index contributed by atoms with van der Waals surface area (Å²) in [5, 5.41) is 3.11. The number of benzene rings is 2. The second-order valence-corrected chi connectivity index (χ2v) is 7.92. The lowest BCUT2D eigenvalue weighted by atomic mass is 10.1. The number of esters is 1. The van der Waals surface area contributed by atoms with Gasteiger partial charge < -0.3 is 4.74 Å². The Bertz CT molecular complexity index is 1280. The number of carbonyl (C=O) groups is 1. The fourth-order valence-electron chi connectivity index (χ4n) is 3.11. The van der Waals surface area contributed by atoms with E-state index in [2.05, 4.69) is 10.1 Å². The van der Waals surface area contributed by atoms with Crippen molar-refractivity contribution >= 4 is 40.1 Å². The minimum absolute atomic E-state index is 0.0220. The average Bonchev–Trinajstić information content (AvgIpc) is 3.26. The highest BCUT2D eigenvalue weighted by atomic mass is 127. The first-order chi connectivity index (χ1) is 14.9. The summed E-state index contributed by atoms with van der Waals surface area (Å²) in [7, 11) is 0. The summed E-state index contributed by atoms with van der Waals surface area (Å²) in [6.07, 6.45) is -10.1. The first-order valence-electron chi connectivity index (χ1n) is 8.81. The third-order valence-electron chi connectivity index (χ3n) is 4.57. The Morgan fingerprint density at radius 2 is 1.75 bits per heavy atom. The van der Waals surface area contributed by atoms with Gasteiger partial charge in [0.15, 0.2) is 5.69 Å². The molecule has 2 heterocycles. The Hall–Kier alpha value is -2.90. The molecule has 0 fully saturated rings. The van der Waals surface area contributed by atoms with Gasteiger partial charge in [-0.2, -0.15) is 31.4 Å². The third kappa shape index (κ3) is 3.98. The molecule has 0 saturated heterocycles. The van der Waals surface area contributed by atoms with Crippen LogP contribution in [0.1, 0.15) is 32.9 Å². The Kier molecular flexibility index (Phi) is 5.30. The van der Waals surface area contributed by atoms with E-state index >= 15 is 0 Å². The molecule has 0 bridgehead atoms. The molecule has 5 nitrogen and oxygen atoms in total. The highest BCUT2D eigenvalue weighted by molar-refractivity contribution is 14.1. The molecular weight excluding hydrogens is 555 g/mol. The van der Waals surface area contributed by atoms with E-state index < -0.39 is 29.7 Å². The number of halogens is 7. The van der Waals surface area contributed by atoms with E-state index in [1.54, 1.807) is 18.2 Å². The molecule has 3 aromatic rings. The summed E-state index contributed by atoms with van der Waals surface area (Å²) in [5.74, 6) is -0.558. The van der Waals surface area contributed by atoms with Crippen LogP contribution >= 0.6 is 22.6 Å². The molecule has 0 saturated carbocycles. The highest BCUT2D eigenvalue weighted by Crippen LogP contribution is 2.37. The molecule has 2 aromatic carbocycles. The van der Waals surface area contributed by atoms with Crippen LogP contribution in [0.2, 0.25) is 0 Å². The van der Waals surface area contributed by atoms with Gasteiger partial charge in [-0.25, -0.2) is 14.5 Å². The molecule has 0 N–H and O–H groups in total. The van der Waals surface area contributed by atoms with Crippen LogP contribution in [0.4, 0.5) is 32.0 Å². The van der Waals surface area contributed by atoms with Gasteiger partial charge in [0.25, 0.3) is 0 Å². The number of aliphatic imine (C=N–C) groups is 1. The van der Waals surface area contributed by atoms with Crippen LogP contribution in [0.3, 0.4) is 0 Å². The van der Waals surface area contributed by atoms with Gasteiger partial charge in [-0.15, -0.1) is 0 Å². The molecule has 0 aliphatic carbocycles. The van der Waals surface area contributed by atoms with E-state index in [1.165, 1.54) is 19.1 Å². The average molecular weight is 565 g/mol. The van der Waals surface area contributed by atoms with Crippen LogP contribution < -0.4 is 0 Å². The monoisotopic (exact) mass is 565 g/mol. The zero-order chi connectivity index (χ0) is 23.4. The second-order valence-electron chi connectivity index (χ2n) is 6.76. The topological polar surface area (TPSA) is 56.5 Å². The summed E-state index contributed by atoms with van der Waals surface area (Å²) < 4.78 is 84.8. The van der Waals surface area contributed by atoms with Crippen molar-refractivity contribution in [1.82, 2.24) is 9.78 Å². The van der Waals surface area contributed by atoms with Crippen molar-refractivity contribution in [2.24, 2.45) is 4.99 Å². The number of carbonyl (C=O) groups excluding carboxylic acids is 1. The van der Waals surface area contributed by atoms with Crippen molar-refractivity contribution < 1.29 is 35.9 Å². The van der Waals surface area contributed by atoms with Crippen LogP contribution in [-0.4, -0.2) is 21.6 Å². The quantitative estimate of drug-likeness (QED) is 0.216. The summed E-state index contributed by atoms with van der Waals surface area (Å²) >= 11 is 1.98. The van der Waals surface area contributed by atoms with Crippen molar-refractivity contribution in [3.05, 3.63) is 74.1 Å². The van der Waals surface area contributed by atoms with Crippen molar-refractivity contribution in [3.8, 4) is 5.69 Å². The number of alkyl halides is 6. The summed E-state index contributed by atoms with van der Waals surface area (Å²) in [6.45, 7) is 1.51. The van der Waals surface area contributed by atoms with Gasteiger partial charge in [-0.05, 0) is 65.4 Å². The molecule has 0 radical (unpaired) electrons. The summed E-state index contributed by atoms with van der Waals surface area (Å²) in [4.78, 5) is 16.4. The molecule has 1 aromatic heterocycles.